The predicted molar refractivity (Wildman–Crippen MR) is 102 cm³/mol. The molecule has 7 nitrogen and oxygen atoms in total. The Morgan fingerprint density at radius 3 is 2.61 bits per heavy atom. The summed E-state index contributed by atoms with van der Waals surface area (Å²) < 4.78 is 9.83. The number of Topliss-reactive ketones (excluding diaryl/α,β-unsaturated/α-hetero) is 2. The van der Waals surface area contributed by atoms with Gasteiger partial charge < -0.3 is 14.6 Å². The molecule has 0 saturated heterocycles. The van der Waals surface area contributed by atoms with Gasteiger partial charge >= 0.3 is 5.97 Å². The molecule has 1 aromatic carbocycles. The summed E-state index contributed by atoms with van der Waals surface area (Å²) in [5.74, 6) is -2.72. The van der Waals surface area contributed by atoms with E-state index in [4.69, 9.17) is 4.42 Å². The zero-order valence-electron chi connectivity index (χ0n) is 15.2. The molecule has 0 bridgehead atoms. The van der Waals surface area contributed by atoms with Gasteiger partial charge in [0, 0.05) is 5.57 Å². The number of hydrogen-bond donors (Lipinski definition) is 1. The molecule has 0 amide bonds. The van der Waals surface area contributed by atoms with Crippen molar-refractivity contribution < 1.29 is 23.5 Å². The quantitative estimate of drug-likeness (QED) is 0.359. The van der Waals surface area contributed by atoms with Crippen LogP contribution in [0.15, 0.2) is 76.3 Å². The number of rotatable bonds is 6. The summed E-state index contributed by atoms with van der Waals surface area (Å²) in [4.78, 5) is 36.8. The second kappa shape index (κ2) is 8.30. The zero-order chi connectivity index (χ0) is 20.1. The minimum absolute atomic E-state index is 0.0180. The van der Waals surface area contributed by atoms with E-state index in [1.807, 2.05) is 30.3 Å². The lowest BCUT2D eigenvalue weighted by atomic mass is 9.86. The van der Waals surface area contributed by atoms with Gasteiger partial charge in [-0.15, -0.1) is 0 Å². The monoisotopic (exact) mass is 378 g/mol. The topological polar surface area (TPSA) is 98.0 Å². The van der Waals surface area contributed by atoms with Gasteiger partial charge in [0.25, 0.3) is 0 Å². The molecule has 1 aliphatic rings. The van der Waals surface area contributed by atoms with E-state index in [2.05, 4.69) is 21.8 Å². The number of carbonyl (C=O) groups is 3. The van der Waals surface area contributed by atoms with Crippen molar-refractivity contribution >= 4 is 23.2 Å². The number of benzene rings is 1. The summed E-state index contributed by atoms with van der Waals surface area (Å²) >= 11 is 0. The van der Waals surface area contributed by atoms with E-state index in [0.717, 1.165) is 5.56 Å². The first-order valence-electron chi connectivity index (χ1n) is 8.49. The third-order valence-electron chi connectivity index (χ3n) is 4.15. The molecule has 1 N–H and O–H groups in total. The predicted octanol–water partition coefficient (Wildman–Crippen LogP) is 2.71. The van der Waals surface area contributed by atoms with Crippen LogP contribution in [0, 0.1) is 5.92 Å². The van der Waals surface area contributed by atoms with Crippen molar-refractivity contribution in [2.75, 3.05) is 7.11 Å². The fourth-order valence-electron chi connectivity index (χ4n) is 2.66. The second-order valence-electron chi connectivity index (χ2n) is 6.03. The largest absolute Gasteiger partial charge is 0.463 e. The van der Waals surface area contributed by atoms with Gasteiger partial charge in [0.05, 0.1) is 19.6 Å². The van der Waals surface area contributed by atoms with E-state index in [1.165, 1.54) is 31.4 Å². The van der Waals surface area contributed by atoms with Crippen LogP contribution in [-0.2, 0) is 16.1 Å². The molecule has 0 radical (unpaired) electrons. The summed E-state index contributed by atoms with van der Waals surface area (Å²) in [6.07, 6.45) is 3.01. The van der Waals surface area contributed by atoms with Gasteiger partial charge in [0.1, 0.15) is 5.71 Å². The van der Waals surface area contributed by atoms with Crippen molar-refractivity contribution in [3.63, 3.8) is 0 Å². The van der Waals surface area contributed by atoms with E-state index in [1.54, 1.807) is 0 Å². The number of furan rings is 1. The average molecular weight is 378 g/mol. The van der Waals surface area contributed by atoms with Crippen molar-refractivity contribution in [3.8, 4) is 0 Å². The second-order valence-corrected chi connectivity index (χ2v) is 6.03. The first kappa shape index (κ1) is 19.0. The maximum atomic E-state index is 12.8. The van der Waals surface area contributed by atoms with Gasteiger partial charge in [-0.3, -0.25) is 9.59 Å². The highest BCUT2D eigenvalue weighted by atomic mass is 16.5. The van der Waals surface area contributed by atoms with Crippen molar-refractivity contribution in [2.45, 2.75) is 6.54 Å². The molecular weight excluding hydrogens is 360 g/mol. The van der Waals surface area contributed by atoms with Crippen LogP contribution >= 0.6 is 0 Å². The van der Waals surface area contributed by atoms with E-state index in [-0.39, 0.29) is 22.8 Å². The van der Waals surface area contributed by atoms with Crippen molar-refractivity contribution in [1.29, 1.82) is 0 Å². The smallest absolute Gasteiger partial charge is 0.373 e. The Hall–Kier alpha value is -3.74. The maximum absolute atomic E-state index is 12.8. The minimum atomic E-state index is -0.946. The minimum Gasteiger partial charge on any atom is -0.463 e. The molecule has 0 aliphatic heterocycles. The van der Waals surface area contributed by atoms with Crippen molar-refractivity contribution in [1.82, 2.24) is 5.43 Å². The Bertz CT molecular complexity index is 985. The molecule has 0 fully saturated rings. The molecule has 3 rings (SSSR count). The average Bonchev–Trinajstić information content (AvgIpc) is 3.21. The fourth-order valence-corrected chi connectivity index (χ4v) is 2.66. The van der Waals surface area contributed by atoms with E-state index in [0.29, 0.717) is 6.54 Å². The SMILES string of the molecule is C=C1C=CC(C(=O)c2ccc(C(=O)OC)o2)C(=NNCc2ccccc2)C1=O. The van der Waals surface area contributed by atoms with E-state index >= 15 is 0 Å². The summed E-state index contributed by atoms with van der Waals surface area (Å²) in [7, 11) is 1.21. The van der Waals surface area contributed by atoms with E-state index < -0.39 is 23.5 Å². The van der Waals surface area contributed by atoms with Gasteiger partial charge in [-0.05, 0) is 17.7 Å². The van der Waals surface area contributed by atoms with Crippen LogP contribution in [0.3, 0.4) is 0 Å². The van der Waals surface area contributed by atoms with Gasteiger partial charge in [0.2, 0.25) is 17.3 Å². The number of ketones is 2. The molecule has 1 atom stereocenters. The highest BCUT2D eigenvalue weighted by molar-refractivity contribution is 6.51. The molecule has 0 saturated carbocycles. The number of ether oxygens (including phenoxy) is 1. The van der Waals surface area contributed by atoms with Crippen LogP contribution < -0.4 is 5.43 Å². The van der Waals surface area contributed by atoms with Crippen LogP contribution in [-0.4, -0.2) is 30.4 Å². The number of hydrazone groups is 1. The van der Waals surface area contributed by atoms with E-state index in [9.17, 15) is 14.4 Å². The van der Waals surface area contributed by atoms with Gasteiger partial charge in [-0.2, -0.15) is 5.10 Å². The summed E-state index contributed by atoms with van der Waals surface area (Å²) in [5, 5.41) is 4.15. The fraction of sp³-hybridized carbons (Fsp3) is 0.143. The molecular formula is C21H18N2O5. The number of carbonyl (C=O) groups excluding carboxylic acids is 3. The summed E-state index contributed by atoms with van der Waals surface area (Å²) in [5.41, 5.74) is 4.05. The molecule has 1 heterocycles. The normalized spacial score (nSPS) is 17.6. The highest BCUT2D eigenvalue weighted by Crippen LogP contribution is 2.22. The Labute approximate surface area is 161 Å². The molecule has 1 aliphatic carbocycles. The lowest BCUT2D eigenvalue weighted by Crippen LogP contribution is -2.34. The molecule has 142 valence electrons. The zero-order valence-corrected chi connectivity index (χ0v) is 15.2. The maximum Gasteiger partial charge on any atom is 0.373 e. The number of methoxy groups -OCH3 is 1. The molecule has 2 aromatic rings. The Balaban J connectivity index is 1.83. The van der Waals surface area contributed by atoms with Crippen molar-refractivity contribution in [3.05, 3.63) is 83.9 Å². The molecule has 28 heavy (non-hydrogen) atoms. The first-order valence-corrected chi connectivity index (χ1v) is 8.49. The molecule has 0 spiro atoms. The molecule has 1 unspecified atom stereocenters. The number of nitrogens with one attached hydrogen (secondary N) is 1. The van der Waals surface area contributed by atoms with Crippen LogP contribution in [0.25, 0.3) is 0 Å². The van der Waals surface area contributed by atoms with Gasteiger partial charge in [0.15, 0.2) is 5.76 Å². The van der Waals surface area contributed by atoms with Crippen LogP contribution in [0.5, 0.6) is 0 Å². The summed E-state index contributed by atoms with van der Waals surface area (Å²) in [6.45, 7) is 4.07. The summed E-state index contributed by atoms with van der Waals surface area (Å²) in [6, 6.07) is 12.2. The number of esters is 1. The lowest BCUT2D eigenvalue weighted by molar-refractivity contribution is -0.109. The van der Waals surface area contributed by atoms with Crippen molar-refractivity contribution in [2.24, 2.45) is 11.0 Å². The Morgan fingerprint density at radius 1 is 1.18 bits per heavy atom. The van der Waals surface area contributed by atoms with Gasteiger partial charge in [-0.25, -0.2) is 4.79 Å². The Kier molecular flexibility index (Phi) is 5.64. The molecule has 7 heteroatoms. The number of allylic oxidation sites excluding steroid dienone is 3. The highest BCUT2D eigenvalue weighted by Gasteiger charge is 2.34. The third-order valence-corrected chi connectivity index (χ3v) is 4.15. The third kappa shape index (κ3) is 3.98. The first-order chi connectivity index (χ1) is 13.5. The van der Waals surface area contributed by atoms with Crippen LogP contribution in [0.4, 0.5) is 0 Å². The Morgan fingerprint density at radius 2 is 1.89 bits per heavy atom. The lowest BCUT2D eigenvalue weighted by Gasteiger charge is -2.17. The molecule has 1 aromatic heterocycles. The number of hydrogen-bond acceptors (Lipinski definition) is 7. The van der Waals surface area contributed by atoms with Gasteiger partial charge in [-0.1, -0.05) is 49.1 Å². The number of nitrogens with zero attached hydrogens (tertiary/aromatic N) is 1. The van der Waals surface area contributed by atoms with Crippen LogP contribution in [0.2, 0.25) is 0 Å². The standard InChI is InChI=1S/C21H18N2O5/c1-13-8-9-15(20(25)16-10-11-17(28-16)21(26)27-2)18(19(13)24)23-22-12-14-6-4-3-5-7-14/h3-11,15,22H,1,12H2,2H3. The van der Waals surface area contributed by atoms with Crippen LogP contribution in [0.1, 0.15) is 26.7 Å².